The van der Waals surface area contributed by atoms with E-state index in [1.54, 1.807) is 30.3 Å². The average Bonchev–Trinajstić information content (AvgIpc) is 2.61. The number of anilines is 1. The maximum atomic E-state index is 12.2. The minimum absolute atomic E-state index is 0.0240. The van der Waals surface area contributed by atoms with Gasteiger partial charge in [0.15, 0.2) is 0 Å². The summed E-state index contributed by atoms with van der Waals surface area (Å²) in [5.74, 6) is -0.924. The van der Waals surface area contributed by atoms with Crippen LogP contribution < -0.4 is 5.32 Å². The number of aryl methyl sites for hydroxylation is 1. The van der Waals surface area contributed by atoms with Crippen molar-refractivity contribution in [3.63, 3.8) is 0 Å². The zero-order chi connectivity index (χ0) is 17.5. The van der Waals surface area contributed by atoms with Crippen LogP contribution in [0, 0.1) is 18.3 Å². The number of nitrogens with zero attached hydrogens (tertiary/aromatic N) is 1. The zero-order valence-electron chi connectivity index (χ0n) is 13.4. The van der Waals surface area contributed by atoms with Gasteiger partial charge in [-0.05, 0) is 42.3 Å². The summed E-state index contributed by atoms with van der Waals surface area (Å²) in [6.45, 7) is 1.87. The largest absolute Gasteiger partial charge is 0.465 e. The minimum Gasteiger partial charge on any atom is -0.465 e. The molecular formula is C19H16N2O3. The summed E-state index contributed by atoms with van der Waals surface area (Å²) >= 11 is 0. The molecule has 2 rings (SSSR count). The third kappa shape index (κ3) is 4.08. The normalized spacial score (nSPS) is 10.6. The lowest BCUT2D eigenvalue weighted by molar-refractivity contribution is -0.112. The summed E-state index contributed by atoms with van der Waals surface area (Å²) < 4.78 is 4.62. The van der Waals surface area contributed by atoms with Gasteiger partial charge in [0.2, 0.25) is 0 Å². The molecule has 0 fully saturated rings. The van der Waals surface area contributed by atoms with Gasteiger partial charge in [-0.1, -0.05) is 30.3 Å². The Kier molecular flexibility index (Phi) is 5.48. The smallest absolute Gasteiger partial charge is 0.337 e. The Labute approximate surface area is 140 Å². The summed E-state index contributed by atoms with van der Waals surface area (Å²) in [6, 6.07) is 15.7. The van der Waals surface area contributed by atoms with E-state index in [-0.39, 0.29) is 5.57 Å². The number of esters is 1. The number of nitriles is 1. The first-order valence-corrected chi connectivity index (χ1v) is 7.22. The van der Waals surface area contributed by atoms with Gasteiger partial charge >= 0.3 is 5.97 Å². The Bertz CT molecular complexity index is 830. The van der Waals surface area contributed by atoms with Crippen molar-refractivity contribution in [3.05, 3.63) is 70.8 Å². The van der Waals surface area contributed by atoms with Crippen LogP contribution in [0.2, 0.25) is 0 Å². The lowest BCUT2D eigenvalue weighted by Gasteiger charge is -2.07. The molecule has 0 saturated carbocycles. The number of methoxy groups -OCH3 is 1. The zero-order valence-corrected chi connectivity index (χ0v) is 13.4. The molecule has 0 radical (unpaired) electrons. The number of carbonyl (C=O) groups excluding carboxylic acids is 2. The number of hydrogen-bond donors (Lipinski definition) is 1. The highest BCUT2D eigenvalue weighted by atomic mass is 16.5. The monoisotopic (exact) mass is 320 g/mol. The SMILES string of the molecule is COC(=O)c1ccc(/C=C(/C#N)C(=O)Nc2ccccc2C)cc1. The third-order valence-electron chi connectivity index (χ3n) is 3.40. The van der Waals surface area contributed by atoms with E-state index >= 15 is 0 Å². The van der Waals surface area contributed by atoms with Gasteiger partial charge in [0.1, 0.15) is 11.6 Å². The molecule has 0 aliphatic rings. The third-order valence-corrected chi connectivity index (χ3v) is 3.40. The molecule has 0 aromatic heterocycles. The summed E-state index contributed by atoms with van der Waals surface area (Å²) in [4.78, 5) is 23.6. The first-order valence-electron chi connectivity index (χ1n) is 7.22. The molecule has 0 atom stereocenters. The number of carbonyl (C=O) groups is 2. The predicted molar refractivity (Wildman–Crippen MR) is 91.2 cm³/mol. The fourth-order valence-electron chi connectivity index (χ4n) is 2.05. The second kappa shape index (κ2) is 7.75. The molecule has 0 saturated heterocycles. The number of hydrogen-bond acceptors (Lipinski definition) is 4. The Morgan fingerprint density at radius 2 is 1.79 bits per heavy atom. The van der Waals surface area contributed by atoms with Crippen molar-refractivity contribution in [1.82, 2.24) is 0 Å². The van der Waals surface area contributed by atoms with Crippen molar-refractivity contribution in [2.75, 3.05) is 12.4 Å². The van der Waals surface area contributed by atoms with E-state index in [0.29, 0.717) is 16.8 Å². The van der Waals surface area contributed by atoms with Crippen LogP contribution in [-0.2, 0) is 9.53 Å². The van der Waals surface area contributed by atoms with Gasteiger partial charge in [-0.2, -0.15) is 5.26 Å². The molecule has 0 bridgehead atoms. The summed E-state index contributed by atoms with van der Waals surface area (Å²) in [7, 11) is 1.31. The molecule has 5 heteroatoms. The van der Waals surface area contributed by atoms with E-state index in [1.807, 2.05) is 31.2 Å². The highest BCUT2D eigenvalue weighted by Crippen LogP contribution is 2.15. The second-order valence-electron chi connectivity index (χ2n) is 5.05. The molecule has 5 nitrogen and oxygen atoms in total. The van der Waals surface area contributed by atoms with E-state index in [1.165, 1.54) is 13.2 Å². The lowest BCUT2D eigenvalue weighted by Crippen LogP contribution is -2.14. The molecule has 120 valence electrons. The standard InChI is InChI=1S/C19H16N2O3/c1-13-5-3-4-6-17(13)21-18(22)16(12-20)11-14-7-9-15(10-8-14)19(23)24-2/h3-11H,1-2H3,(H,21,22)/b16-11-. The lowest BCUT2D eigenvalue weighted by atomic mass is 10.1. The summed E-state index contributed by atoms with van der Waals surface area (Å²) in [5.41, 5.74) is 2.58. The first-order chi connectivity index (χ1) is 11.5. The molecule has 0 aliphatic heterocycles. The van der Waals surface area contributed by atoms with Crippen LogP contribution in [0.25, 0.3) is 6.08 Å². The Morgan fingerprint density at radius 1 is 1.12 bits per heavy atom. The Hall–Kier alpha value is -3.39. The molecule has 24 heavy (non-hydrogen) atoms. The highest BCUT2D eigenvalue weighted by Gasteiger charge is 2.11. The van der Waals surface area contributed by atoms with E-state index in [2.05, 4.69) is 10.1 Å². The number of amides is 1. The van der Waals surface area contributed by atoms with Gasteiger partial charge in [0.25, 0.3) is 5.91 Å². The molecule has 0 heterocycles. The Morgan fingerprint density at radius 3 is 2.38 bits per heavy atom. The van der Waals surface area contributed by atoms with Crippen LogP contribution >= 0.6 is 0 Å². The number of nitrogens with one attached hydrogen (secondary N) is 1. The van der Waals surface area contributed by atoms with Crippen LogP contribution in [0.1, 0.15) is 21.5 Å². The van der Waals surface area contributed by atoms with Gasteiger partial charge < -0.3 is 10.1 Å². The van der Waals surface area contributed by atoms with Crippen molar-refractivity contribution >= 4 is 23.6 Å². The fraction of sp³-hybridized carbons (Fsp3) is 0.105. The Balaban J connectivity index is 2.20. The molecule has 0 aliphatic carbocycles. The summed E-state index contributed by atoms with van der Waals surface area (Å²) in [5, 5.41) is 11.9. The molecule has 2 aromatic carbocycles. The molecule has 0 unspecified atom stereocenters. The van der Waals surface area contributed by atoms with Crippen molar-refractivity contribution < 1.29 is 14.3 Å². The van der Waals surface area contributed by atoms with E-state index < -0.39 is 11.9 Å². The maximum absolute atomic E-state index is 12.2. The second-order valence-corrected chi connectivity index (χ2v) is 5.05. The van der Waals surface area contributed by atoms with E-state index in [0.717, 1.165) is 5.56 Å². The predicted octanol–water partition coefficient (Wildman–Crippen LogP) is 3.33. The van der Waals surface area contributed by atoms with Crippen molar-refractivity contribution in [2.45, 2.75) is 6.92 Å². The molecule has 0 spiro atoms. The number of benzene rings is 2. The van der Waals surface area contributed by atoms with E-state index in [4.69, 9.17) is 0 Å². The number of ether oxygens (including phenoxy) is 1. The molecule has 1 amide bonds. The van der Waals surface area contributed by atoms with Gasteiger partial charge in [-0.25, -0.2) is 4.79 Å². The van der Waals surface area contributed by atoms with E-state index in [9.17, 15) is 14.9 Å². The molecule has 2 aromatic rings. The average molecular weight is 320 g/mol. The van der Waals surface area contributed by atoms with Crippen LogP contribution in [0.15, 0.2) is 54.1 Å². The van der Waals surface area contributed by atoms with Crippen LogP contribution in [0.3, 0.4) is 0 Å². The fourth-order valence-corrected chi connectivity index (χ4v) is 2.05. The quantitative estimate of drug-likeness (QED) is 0.532. The number of para-hydroxylation sites is 1. The van der Waals surface area contributed by atoms with Crippen LogP contribution in [0.5, 0.6) is 0 Å². The van der Waals surface area contributed by atoms with Crippen molar-refractivity contribution in [3.8, 4) is 6.07 Å². The van der Waals surface area contributed by atoms with Crippen molar-refractivity contribution in [1.29, 1.82) is 5.26 Å². The van der Waals surface area contributed by atoms with Gasteiger partial charge in [0.05, 0.1) is 12.7 Å². The van der Waals surface area contributed by atoms with Gasteiger partial charge in [-0.3, -0.25) is 4.79 Å². The van der Waals surface area contributed by atoms with Crippen LogP contribution in [0.4, 0.5) is 5.69 Å². The minimum atomic E-state index is -0.483. The number of rotatable bonds is 4. The van der Waals surface area contributed by atoms with Gasteiger partial charge in [0, 0.05) is 5.69 Å². The van der Waals surface area contributed by atoms with Crippen molar-refractivity contribution in [2.24, 2.45) is 0 Å². The molecular weight excluding hydrogens is 304 g/mol. The molecule has 1 N–H and O–H groups in total. The van der Waals surface area contributed by atoms with Crippen LogP contribution in [-0.4, -0.2) is 19.0 Å². The first kappa shape index (κ1) is 17.0. The topological polar surface area (TPSA) is 79.2 Å². The maximum Gasteiger partial charge on any atom is 0.337 e. The highest BCUT2D eigenvalue weighted by molar-refractivity contribution is 6.10. The van der Waals surface area contributed by atoms with Gasteiger partial charge in [-0.15, -0.1) is 0 Å². The summed E-state index contributed by atoms with van der Waals surface area (Å²) in [6.07, 6.45) is 1.47.